The van der Waals surface area contributed by atoms with Crippen molar-refractivity contribution in [1.82, 2.24) is 15.1 Å². The normalized spacial score (nSPS) is 33.8. The third-order valence-corrected chi connectivity index (χ3v) is 8.05. The van der Waals surface area contributed by atoms with E-state index in [0.717, 1.165) is 11.8 Å². The first kappa shape index (κ1) is 19.4. The van der Waals surface area contributed by atoms with Gasteiger partial charge in [-0.15, -0.1) is 0 Å². The standard InChI is InChI=1S/C23H35N3O3/c27-7-6-26-23(29-14-15-4-2-1-3-5-15)20(13-24-26)22(28)25-21-18-9-16-8-17(11-18)12-19(21)10-16/h13,15-19,21,27H,1-12,14H2,(H,25,28). The van der Waals surface area contributed by atoms with Crippen molar-refractivity contribution in [3.05, 3.63) is 11.8 Å². The van der Waals surface area contributed by atoms with E-state index >= 15 is 0 Å². The highest BCUT2D eigenvalue weighted by Crippen LogP contribution is 2.53. The largest absolute Gasteiger partial charge is 0.477 e. The van der Waals surface area contributed by atoms with Gasteiger partial charge in [-0.2, -0.15) is 5.10 Å². The average molecular weight is 402 g/mol. The number of hydrogen-bond donors (Lipinski definition) is 2. The summed E-state index contributed by atoms with van der Waals surface area (Å²) in [5.74, 6) is 4.13. The van der Waals surface area contributed by atoms with Gasteiger partial charge in [-0.3, -0.25) is 4.79 Å². The highest BCUT2D eigenvalue weighted by molar-refractivity contribution is 5.96. The molecule has 0 unspecified atom stereocenters. The van der Waals surface area contributed by atoms with Gasteiger partial charge in [-0.25, -0.2) is 4.68 Å². The lowest BCUT2D eigenvalue weighted by Gasteiger charge is -2.54. The van der Waals surface area contributed by atoms with E-state index in [1.54, 1.807) is 10.9 Å². The number of carbonyl (C=O) groups excluding carboxylic acids is 1. The number of aliphatic hydroxyl groups is 1. The molecule has 0 aliphatic heterocycles. The number of rotatable bonds is 7. The number of aliphatic hydroxyl groups excluding tert-OH is 1. The molecular weight excluding hydrogens is 366 g/mol. The smallest absolute Gasteiger partial charge is 0.258 e. The van der Waals surface area contributed by atoms with Gasteiger partial charge in [0.15, 0.2) is 0 Å². The van der Waals surface area contributed by atoms with Crippen LogP contribution in [-0.4, -0.2) is 40.0 Å². The zero-order valence-corrected chi connectivity index (χ0v) is 17.4. The van der Waals surface area contributed by atoms with Crippen molar-refractivity contribution in [3.8, 4) is 5.88 Å². The number of nitrogens with zero attached hydrogens (tertiary/aromatic N) is 2. The zero-order chi connectivity index (χ0) is 19.8. The lowest BCUT2D eigenvalue weighted by Crippen LogP contribution is -2.55. The molecule has 0 atom stereocenters. The van der Waals surface area contributed by atoms with Gasteiger partial charge in [0, 0.05) is 6.04 Å². The summed E-state index contributed by atoms with van der Waals surface area (Å²) < 4.78 is 7.80. The Morgan fingerprint density at radius 3 is 2.45 bits per heavy atom. The molecule has 0 spiro atoms. The average Bonchev–Trinajstić information content (AvgIpc) is 3.12. The minimum absolute atomic E-state index is 0.0158. The van der Waals surface area contributed by atoms with E-state index in [1.807, 2.05) is 0 Å². The van der Waals surface area contributed by atoms with Crippen LogP contribution >= 0.6 is 0 Å². The van der Waals surface area contributed by atoms with Gasteiger partial charge in [0.25, 0.3) is 5.91 Å². The molecule has 5 aliphatic carbocycles. The van der Waals surface area contributed by atoms with Crippen molar-refractivity contribution >= 4 is 5.91 Å². The third-order valence-electron chi connectivity index (χ3n) is 8.05. The summed E-state index contributed by atoms with van der Waals surface area (Å²) in [4.78, 5) is 13.2. The lowest BCUT2D eigenvalue weighted by molar-refractivity contribution is -0.0120. The Kier molecular flexibility index (Phi) is 5.55. The van der Waals surface area contributed by atoms with Crippen LogP contribution in [0, 0.1) is 29.6 Å². The molecule has 0 aromatic carbocycles. The molecule has 0 saturated heterocycles. The Labute approximate surface area is 173 Å². The molecule has 160 valence electrons. The predicted molar refractivity (Wildman–Crippen MR) is 110 cm³/mol. The fourth-order valence-corrected chi connectivity index (χ4v) is 6.88. The van der Waals surface area contributed by atoms with E-state index in [-0.39, 0.29) is 12.5 Å². The van der Waals surface area contributed by atoms with Crippen LogP contribution in [0.1, 0.15) is 74.6 Å². The highest BCUT2D eigenvalue weighted by atomic mass is 16.5. The summed E-state index contributed by atoms with van der Waals surface area (Å²) in [6.07, 6.45) is 14.4. The Morgan fingerprint density at radius 1 is 1.10 bits per heavy atom. The Balaban J connectivity index is 1.28. The van der Waals surface area contributed by atoms with Crippen LogP contribution in [0.4, 0.5) is 0 Å². The van der Waals surface area contributed by atoms with Crippen molar-refractivity contribution in [2.24, 2.45) is 29.6 Å². The number of carbonyl (C=O) groups is 1. The quantitative estimate of drug-likeness (QED) is 0.734. The van der Waals surface area contributed by atoms with Crippen LogP contribution in [-0.2, 0) is 6.54 Å². The SMILES string of the molecule is O=C(NC1C2CC3CC(C2)CC1C3)c1cnn(CCO)c1OCC1CCCCC1. The van der Waals surface area contributed by atoms with Gasteiger partial charge in [0.1, 0.15) is 5.56 Å². The van der Waals surface area contributed by atoms with Gasteiger partial charge in [-0.05, 0) is 74.5 Å². The summed E-state index contributed by atoms with van der Waals surface area (Å²) in [5, 5.41) is 17.1. The molecule has 1 aromatic rings. The number of nitrogens with one attached hydrogen (secondary N) is 1. The molecule has 1 heterocycles. The third kappa shape index (κ3) is 3.92. The Bertz CT molecular complexity index is 697. The number of hydrogen-bond acceptors (Lipinski definition) is 4. The molecule has 2 N–H and O–H groups in total. The molecule has 6 heteroatoms. The summed E-state index contributed by atoms with van der Waals surface area (Å²) in [6, 6.07) is 0.308. The van der Waals surface area contributed by atoms with Crippen LogP contribution < -0.4 is 10.1 Å². The number of aromatic nitrogens is 2. The van der Waals surface area contributed by atoms with E-state index in [0.29, 0.717) is 48.4 Å². The Morgan fingerprint density at radius 2 is 1.79 bits per heavy atom. The summed E-state index contributed by atoms with van der Waals surface area (Å²) in [6.45, 7) is 0.971. The van der Waals surface area contributed by atoms with Crippen LogP contribution in [0.15, 0.2) is 6.20 Å². The fourth-order valence-electron chi connectivity index (χ4n) is 6.88. The molecule has 29 heavy (non-hydrogen) atoms. The molecule has 0 radical (unpaired) electrons. The summed E-state index contributed by atoms with van der Waals surface area (Å²) in [5.41, 5.74) is 0.531. The van der Waals surface area contributed by atoms with Crippen LogP contribution in [0.3, 0.4) is 0 Å². The second kappa shape index (κ2) is 8.29. The molecular formula is C23H35N3O3. The van der Waals surface area contributed by atoms with Crippen molar-refractivity contribution in [1.29, 1.82) is 0 Å². The maximum atomic E-state index is 13.2. The molecule has 1 aromatic heterocycles. The van der Waals surface area contributed by atoms with Crippen molar-refractivity contribution in [3.63, 3.8) is 0 Å². The van der Waals surface area contributed by atoms with Crippen LogP contribution in [0.2, 0.25) is 0 Å². The monoisotopic (exact) mass is 401 g/mol. The molecule has 6 rings (SSSR count). The lowest BCUT2D eigenvalue weighted by atomic mass is 9.54. The van der Waals surface area contributed by atoms with Gasteiger partial charge in [-0.1, -0.05) is 19.3 Å². The van der Waals surface area contributed by atoms with Crippen LogP contribution in [0.25, 0.3) is 0 Å². The van der Waals surface area contributed by atoms with E-state index < -0.39 is 0 Å². The maximum Gasteiger partial charge on any atom is 0.258 e. The first-order valence-electron chi connectivity index (χ1n) is 11.8. The van der Waals surface area contributed by atoms with Gasteiger partial charge in [0.05, 0.1) is 26.0 Å². The maximum absolute atomic E-state index is 13.2. The molecule has 1 amide bonds. The van der Waals surface area contributed by atoms with E-state index in [2.05, 4.69) is 10.4 Å². The molecule has 5 saturated carbocycles. The second-order valence-corrected chi connectivity index (χ2v) is 10.1. The molecule has 5 fully saturated rings. The van der Waals surface area contributed by atoms with Crippen molar-refractivity contribution in [2.75, 3.05) is 13.2 Å². The Hall–Kier alpha value is -1.56. The van der Waals surface area contributed by atoms with E-state index in [9.17, 15) is 9.90 Å². The minimum Gasteiger partial charge on any atom is -0.477 e. The van der Waals surface area contributed by atoms with Gasteiger partial charge >= 0.3 is 0 Å². The second-order valence-electron chi connectivity index (χ2n) is 10.1. The van der Waals surface area contributed by atoms with Gasteiger partial charge < -0.3 is 15.2 Å². The number of ether oxygens (including phenoxy) is 1. The zero-order valence-electron chi connectivity index (χ0n) is 17.4. The summed E-state index contributed by atoms with van der Waals surface area (Å²) in [7, 11) is 0. The molecule has 5 aliphatic rings. The summed E-state index contributed by atoms with van der Waals surface area (Å²) >= 11 is 0. The minimum atomic E-state index is -0.0506. The van der Waals surface area contributed by atoms with E-state index in [4.69, 9.17) is 4.74 Å². The number of amides is 1. The molecule has 4 bridgehead atoms. The first-order valence-corrected chi connectivity index (χ1v) is 11.8. The van der Waals surface area contributed by atoms with Crippen molar-refractivity contribution < 1.29 is 14.6 Å². The van der Waals surface area contributed by atoms with Crippen molar-refractivity contribution in [2.45, 2.75) is 76.8 Å². The fraction of sp³-hybridized carbons (Fsp3) is 0.826. The van der Waals surface area contributed by atoms with E-state index in [1.165, 1.54) is 64.2 Å². The van der Waals surface area contributed by atoms with Gasteiger partial charge in [0.2, 0.25) is 5.88 Å². The topological polar surface area (TPSA) is 76.4 Å². The molecule has 6 nitrogen and oxygen atoms in total. The first-order chi connectivity index (χ1) is 14.2. The van der Waals surface area contributed by atoms with Crippen LogP contribution in [0.5, 0.6) is 5.88 Å². The predicted octanol–water partition coefficient (Wildman–Crippen LogP) is 3.39. The highest BCUT2D eigenvalue weighted by Gasteiger charge is 2.48.